The van der Waals surface area contributed by atoms with Crippen LogP contribution in [0.4, 0.5) is 18.0 Å². The van der Waals surface area contributed by atoms with Crippen LogP contribution in [0, 0.1) is 0 Å². The number of aryl methyl sites for hydroxylation is 1. The van der Waals surface area contributed by atoms with Crippen molar-refractivity contribution < 1.29 is 22.8 Å². The molecule has 2 aromatic rings. The fourth-order valence-electron chi connectivity index (χ4n) is 4.84. The van der Waals surface area contributed by atoms with Gasteiger partial charge in [0.1, 0.15) is 6.04 Å². The number of alkyl halides is 3. The summed E-state index contributed by atoms with van der Waals surface area (Å²) in [5.41, 5.74) is 1.59. The van der Waals surface area contributed by atoms with Gasteiger partial charge >= 0.3 is 12.2 Å². The second kappa shape index (κ2) is 9.86. The standard InChI is InChI=1S/C25H27ClF3N3O2/c1-31(15-16-7-10-19(26)11-8-16)23(33)22-6-3-13-32(22)24(34)30-21-5-2-4-17-14-18(25(27,28)29)9-12-20(17)21/h7-12,14,21-22H,2-6,13,15H2,1H3,(H,30,34)/t21-,22?/m0/s1. The molecule has 0 spiro atoms. The minimum atomic E-state index is -4.40. The van der Waals surface area contributed by atoms with E-state index in [-0.39, 0.29) is 18.0 Å². The number of benzene rings is 2. The van der Waals surface area contributed by atoms with Crippen molar-refractivity contribution in [2.75, 3.05) is 13.6 Å². The molecule has 3 amide bonds. The minimum absolute atomic E-state index is 0.138. The number of likely N-dealkylation sites (tertiary alicyclic amines) is 1. The number of amides is 3. The van der Waals surface area contributed by atoms with E-state index in [1.807, 2.05) is 12.1 Å². The van der Waals surface area contributed by atoms with Gasteiger partial charge in [-0.15, -0.1) is 0 Å². The molecule has 1 aliphatic carbocycles. The summed E-state index contributed by atoms with van der Waals surface area (Å²) >= 11 is 5.93. The van der Waals surface area contributed by atoms with E-state index in [1.165, 1.54) is 12.1 Å². The topological polar surface area (TPSA) is 52.7 Å². The number of carbonyl (C=O) groups excluding carboxylic acids is 2. The zero-order valence-electron chi connectivity index (χ0n) is 18.9. The predicted octanol–water partition coefficient (Wildman–Crippen LogP) is 5.57. The molecule has 4 rings (SSSR count). The quantitative estimate of drug-likeness (QED) is 0.605. The molecule has 2 aromatic carbocycles. The molecule has 0 radical (unpaired) electrons. The molecule has 0 saturated carbocycles. The van der Waals surface area contributed by atoms with Gasteiger partial charge in [0, 0.05) is 25.2 Å². The highest BCUT2D eigenvalue weighted by atomic mass is 35.5. The molecule has 1 heterocycles. The number of likely N-dealkylation sites (N-methyl/N-ethyl adjacent to an activating group) is 1. The molecule has 182 valence electrons. The first-order chi connectivity index (χ1) is 16.1. The number of nitrogens with zero attached hydrogens (tertiary/aromatic N) is 2. The summed E-state index contributed by atoms with van der Waals surface area (Å²) in [5.74, 6) is -0.138. The molecule has 1 fully saturated rings. The Hall–Kier alpha value is -2.74. The Bertz CT molecular complexity index is 1060. The van der Waals surface area contributed by atoms with Gasteiger partial charge in [0.05, 0.1) is 11.6 Å². The van der Waals surface area contributed by atoms with E-state index < -0.39 is 17.8 Å². The molecular weight excluding hydrogens is 467 g/mol. The molecule has 1 unspecified atom stereocenters. The Morgan fingerprint density at radius 2 is 1.85 bits per heavy atom. The molecule has 34 heavy (non-hydrogen) atoms. The third-order valence-corrected chi connectivity index (χ3v) is 6.84. The molecule has 9 heteroatoms. The number of rotatable bonds is 4. The molecule has 2 atom stereocenters. The van der Waals surface area contributed by atoms with Gasteiger partial charge in [-0.25, -0.2) is 4.79 Å². The largest absolute Gasteiger partial charge is 0.416 e. The Morgan fingerprint density at radius 1 is 1.12 bits per heavy atom. The molecule has 1 aliphatic heterocycles. The molecule has 1 saturated heterocycles. The van der Waals surface area contributed by atoms with E-state index in [0.717, 1.165) is 23.6 Å². The Balaban J connectivity index is 1.43. The number of hydrogen-bond acceptors (Lipinski definition) is 2. The number of urea groups is 1. The highest BCUT2D eigenvalue weighted by molar-refractivity contribution is 6.30. The minimum Gasteiger partial charge on any atom is -0.340 e. The predicted molar refractivity (Wildman–Crippen MR) is 123 cm³/mol. The van der Waals surface area contributed by atoms with E-state index in [1.54, 1.807) is 29.0 Å². The highest BCUT2D eigenvalue weighted by Gasteiger charge is 2.37. The average molecular weight is 494 g/mol. The van der Waals surface area contributed by atoms with Gasteiger partial charge in [0.25, 0.3) is 0 Å². The second-order valence-corrected chi connectivity index (χ2v) is 9.41. The second-order valence-electron chi connectivity index (χ2n) is 8.98. The lowest BCUT2D eigenvalue weighted by Gasteiger charge is -2.32. The summed E-state index contributed by atoms with van der Waals surface area (Å²) in [6.45, 7) is 0.864. The van der Waals surface area contributed by atoms with Gasteiger partial charge in [-0.1, -0.05) is 29.8 Å². The lowest BCUT2D eigenvalue weighted by Crippen LogP contribution is -2.50. The smallest absolute Gasteiger partial charge is 0.340 e. The zero-order valence-corrected chi connectivity index (χ0v) is 19.6. The van der Waals surface area contributed by atoms with Gasteiger partial charge in [-0.05, 0) is 73.1 Å². The third kappa shape index (κ3) is 5.32. The van der Waals surface area contributed by atoms with E-state index >= 15 is 0 Å². The molecule has 2 aliphatic rings. The van der Waals surface area contributed by atoms with E-state index in [9.17, 15) is 22.8 Å². The molecule has 0 aromatic heterocycles. The summed E-state index contributed by atoms with van der Waals surface area (Å²) in [6.07, 6.45) is -1.22. The average Bonchev–Trinajstić information content (AvgIpc) is 3.29. The molecule has 5 nitrogen and oxygen atoms in total. The van der Waals surface area contributed by atoms with Gasteiger partial charge in [0.2, 0.25) is 5.91 Å². The first kappa shape index (κ1) is 24.4. The molecular formula is C25H27ClF3N3O2. The van der Waals surface area contributed by atoms with Crippen LogP contribution < -0.4 is 5.32 Å². The van der Waals surface area contributed by atoms with Gasteiger partial charge in [-0.3, -0.25) is 4.79 Å². The number of hydrogen-bond donors (Lipinski definition) is 1. The van der Waals surface area contributed by atoms with Crippen LogP contribution in [0.3, 0.4) is 0 Å². The molecule has 1 N–H and O–H groups in total. The summed E-state index contributed by atoms with van der Waals surface area (Å²) < 4.78 is 39.3. The Kier molecular flexibility index (Phi) is 7.07. The SMILES string of the molecule is CN(Cc1ccc(Cl)cc1)C(=O)C1CCCN1C(=O)N[C@H]1CCCc2cc(C(F)(F)F)ccc21. The highest BCUT2D eigenvalue weighted by Crippen LogP contribution is 2.36. The number of nitrogens with one attached hydrogen (secondary N) is 1. The number of halogens is 4. The Morgan fingerprint density at radius 3 is 2.56 bits per heavy atom. The molecule has 0 bridgehead atoms. The summed E-state index contributed by atoms with van der Waals surface area (Å²) in [4.78, 5) is 29.4. The van der Waals surface area contributed by atoms with Crippen LogP contribution in [0.5, 0.6) is 0 Å². The Labute approximate surface area is 201 Å². The van der Waals surface area contributed by atoms with Crippen LogP contribution in [-0.4, -0.2) is 41.4 Å². The third-order valence-electron chi connectivity index (χ3n) is 6.59. The summed E-state index contributed by atoms with van der Waals surface area (Å²) in [7, 11) is 1.71. The summed E-state index contributed by atoms with van der Waals surface area (Å²) in [6, 6.07) is 9.68. The zero-order chi connectivity index (χ0) is 24.5. The van der Waals surface area contributed by atoms with Crippen LogP contribution in [0.1, 0.15) is 54.0 Å². The maximum atomic E-state index is 13.1. The number of carbonyl (C=O) groups is 2. The van der Waals surface area contributed by atoms with Crippen molar-refractivity contribution in [1.82, 2.24) is 15.1 Å². The van der Waals surface area contributed by atoms with Crippen molar-refractivity contribution in [3.05, 3.63) is 69.7 Å². The van der Waals surface area contributed by atoms with Gasteiger partial charge < -0.3 is 15.1 Å². The van der Waals surface area contributed by atoms with Crippen molar-refractivity contribution in [3.63, 3.8) is 0 Å². The fourth-order valence-corrected chi connectivity index (χ4v) is 4.96. The van der Waals surface area contributed by atoms with Crippen LogP contribution in [0.2, 0.25) is 5.02 Å². The number of fused-ring (bicyclic) bond motifs is 1. The van der Waals surface area contributed by atoms with E-state index in [4.69, 9.17) is 11.6 Å². The first-order valence-electron chi connectivity index (χ1n) is 11.4. The van der Waals surface area contributed by atoms with Crippen molar-refractivity contribution >= 4 is 23.5 Å². The normalized spacial score (nSPS) is 20.1. The lowest BCUT2D eigenvalue weighted by atomic mass is 9.86. The van der Waals surface area contributed by atoms with Gasteiger partial charge in [0.15, 0.2) is 0 Å². The maximum absolute atomic E-state index is 13.1. The van der Waals surface area contributed by atoms with Gasteiger partial charge in [-0.2, -0.15) is 13.2 Å². The van der Waals surface area contributed by atoms with E-state index in [0.29, 0.717) is 49.4 Å². The van der Waals surface area contributed by atoms with Crippen LogP contribution >= 0.6 is 11.6 Å². The lowest BCUT2D eigenvalue weighted by molar-refractivity contribution is -0.137. The van der Waals surface area contributed by atoms with Crippen molar-refractivity contribution in [3.8, 4) is 0 Å². The monoisotopic (exact) mass is 493 g/mol. The van der Waals surface area contributed by atoms with Crippen molar-refractivity contribution in [1.29, 1.82) is 0 Å². The fraction of sp³-hybridized carbons (Fsp3) is 0.440. The summed E-state index contributed by atoms with van der Waals surface area (Å²) in [5, 5.41) is 3.60. The van der Waals surface area contributed by atoms with Crippen LogP contribution in [0.25, 0.3) is 0 Å². The van der Waals surface area contributed by atoms with E-state index in [2.05, 4.69) is 5.32 Å². The first-order valence-corrected chi connectivity index (χ1v) is 11.8. The van der Waals surface area contributed by atoms with Crippen molar-refractivity contribution in [2.24, 2.45) is 0 Å². The van der Waals surface area contributed by atoms with Crippen LogP contribution in [0.15, 0.2) is 42.5 Å². The van der Waals surface area contributed by atoms with Crippen molar-refractivity contribution in [2.45, 2.75) is 56.9 Å². The van der Waals surface area contributed by atoms with Crippen LogP contribution in [-0.2, 0) is 23.9 Å². The maximum Gasteiger partial charge on any atom is 0.416 e.